The van der Waals surface area contributed by atoms with E-state index >= 15 is 0 Å². The number of aliphatic hydroxyl groups excluding tert-OH is 2. The van der Waals surface area contributed by atoms with Crippen LogP contribution in [0.25, 0.3) is 0 Å². The minimum Gasteiger partial charge on any atom is -0.388 e. The van der Waals surface area contributed by atoms with Crippen molar-refractivity contribution in [1.29, 1.82) is 0 Å². The van der Waals surface area contributed by atoms with Gasteiger partial charge < -0.3 is 29.7 Å². The van der Waals surface area contributed by atoms with E-state index in [9.17, 15) is 15.0 Å². The van der Waals surface area contributed by atoms with E-state index in [1.54, 1.807) is 0 Å². The Hall–Kier alpha value is -6.89. The molecule has 6 unspecified atom stereocenters. The Bertz CT molecular complexity index is 3230. The van der Waals surface area contributed by atoms with Gasteiger partial charge >= 0.3 is 0 Å². The van der Waals surface area contributed by atoms with Crippen LogP contribution in [0.2, 0.25) is 0 Å². The molecular formula is C81H96N6O3. The molecule has 0 aliphatic carbocycles. The van der Waals surface area contributed by atoms with E-state index in [1.807, 2.05) is 12.1 Å². The fourth-order valence-electron chi connectivity index (χ4n) is 16.6. The molecule has 0 spiro atoms. The maximum atomic E-state index is 12.1. The highest BCUT2D eigenvalue weighted by atomic mass is 16.3. The van der Waals surface area contributed by atoms with Gasteiger partial charge in [-0.2, -0.15) is 0 Å². The Labute approximate surface area is 537 Å². The Morgan fingerprint density at radius 2 is 0.589 bits per heavy atom. The first-order valence-corrected chi connectivity index (χ1v) is 33.7. The molecule has 6 aliphatic rings. The van der Waals surface area contributed by atoms with Crippen LogP contribution in [0.4, 0.5) is 0 Å². The molecule has 14 rings (SSSR count). The molecule has 9 nitrogen and oxygen atoms in total. The molecule has 6 saturated heterocycles. The monoisotopic (exact) mass is 1200 g/mol. The summed E-state index contributed by atoms with van der Waals surface area (Å²) >= 11 is 0. The van der Waals surface area contributed by atoms with Gasteiger partial charge in [0.1, 0.15) is 6.29 Å². The molecule has 0 aromatic heterocycles. The second-order valence-electron chi connectivity index (χ2n) is 27.4. The summed E-state index contributed by atoms with van der Waals surface area (Å²) in [6, 6.07) is 85.0. The van der Waals surface area contributed by atoms with Crippen LogP contribution in [0.15, 0.2) is 243 Å². The molecular weight excluding hydrogens is 1100 g/mol. The van der Waals surface area contributed by atoms with Crippen LogP contribution in [-0.4, -0.2) is 144 Å². The van der Waals surface area contributed by atoms with Crippen LogP contribution in [0, 0.1) is 34.0 Å². The number of benzene rings is 8. The molecule has 90 heavy (non-hydrogen) atoms. The Morgan fingerprint density at radius 3 is 0.922 bits per heavy atom. The summed E-state index contributed by atoms with van der Waals surface area (Å²) in [7, 11) is 0. The van der Waals surface area contributed by atoms with Gasteiger partial charge in [-0.15, -0.1) is 0 Å². The molecule has 8 atom stereocenters. The zero-order valence-corrected chi connectivity index (χ0v) is 53.0. The predicted octanol–water partition coefficient (Wildman–Crippen LogP) is 12.8. The highest BCUT2D eigenvalue weighted by Gasteiger charge is 2.56. The average Bonchev–Trinajstić information content (AvgIpc) is 1.71. The molecule has 2 N–H and O–H groups in total. The highest BCUT2D eigenvalue weighted by Crippen LogP contribution is 2.52. The van der Waals surface area contributed by atoms with Crippen molar-refractivity contribution in [2.24, 2.45) is 34.0 Å². The maximum absolute atomic E-state index is 12.1. The SMILES string of the molecule is O=CC12CN(CCc3ccccc3)CCC1CN(Cc1ccccc1)C2.O[C@@H](c1ccccc1)C12CN(CCc3ccccc3)CCC1CN(Cc1ccccc1)C2.O[C@H](c1ccccc1)C12CN(CCc3ccccc3)CCC1CN(Cc1ccccc1)C2. The van der Waals surface area contributed by atoms with Crippen molar-refractivity contribution in [3.8, 4) is 0 Å². The third-order valence-electron chi connectivity index (χ3n) is 21.3. The van der Waals surface area contributed by atoms with Gasteiger partial charge in [-0.3, -0.25) is 14.7 Å². The van der Waals surface area contributed by atoms with Gasteiger partial charge in [0, 0.05) is 109 Å². The second kappa shape index (κ2) is 30.5. The summed E-state index contributed by atoms with van der Waals surface area (Å²) in [6.45, 7) is 18.3. The molecule has 6 heterocycles. The molecule has 8 aromatic rings. The number of fused-ring (bicyclic) bond motifs is 3. The summed E-state index contributed by atoms with van der Waals surface area (Å²) in [4.78, 5) is 27.5. The lowest BCUT2D eigenvalue weighted by Crippen LogP contribution is -2.52. The van der Waals surface area contributed by atoms with E-state index < -0.39 is 12.2 Å². The molecule has 9 heteroatoms. The predicted molar refractivity (Wildman–Crippen MR) is 365 cm³/mol. The zero-order valence-electron chi connectivity index (χ0n) is 53.0. The molecule has 0 bridgehead atoms. The van der Waals surface area contributed by atoms with E-state index in [0.717, 1.165) is 167 Å². The number of piperidine rings is 3. The average molecular weight is 1200 g/mol. The summed E-state index contributed by atoms with van der Waals surface area (Å²) in [5.74, 6) is 1.56. The van der Waals surface area contributed by atoms with Crippen LogP contribution in [0.5, 0.6) is 0 Å². The van der Waals surface area contributed by atoms with Gasteiger partial charge in [-0.05, 0) is 120 Å². The standard InChI is InChI=1S/2C29H34N2O.C23H28N2O/c2*32-28(26-14-8-3-9-15-26)29-22-30(18-16-24-10-4-1-5-11-24)19-17-27(29)21-31(23-29)20-25-12-6-2-7-13-25;26-19-23-17-24(13-11-20-7-3-1-4-8-20)14-12-22(23)16-25(18-23)15-21-9-5-2-6-10-21/h2*1-15,27-28,32H,16-23H2;1-10,19,22H,11-18H2/t2*27?,28-,29?;/m10./s1. The van der Waals surface area contributed by atoms with Crippen molar-refractivity contribution in [1.82, 2.24) is 29.4 Å². The quantitative estimate of drug-likeness (QED) is 0.0726. The van der Waals surface area contributed by atoms with Crippen molar-refractivity contribution < 1.29 is 15.0 Å². The van der Waals surface area contributed by atoms with Crippen molar-refractivity contribution in [2.75, 3.05) is 98.2 Å². The molecule has 0 radical (unpaired) electrons. The second-order valence-corrected chi connectivity index (χ2v) is 27.4. The van der Waals surface area contributed by atoms with Crippen molar-refractivity contribution in [3.63, 3.8) is 0 Å². The number of aliphatic hydroxyl groups is 2. The zero-order chi connectivity index (χ0) is 61.4. The number of likely N-dealkylation sites (tertiary alicyclic amines) is 6. The van der Waals surface area contributed by atoms with E-state index in [1.165, 1.54) is 39.7 Å². The topological polar surface area (TPSA) is 77.0 Å². The maximum Gasteiger partial charge on any atom is 0.129 e. The number of carbonyl (C=O) groups is 1. The number of nitrogens with zero attached hydrogens (tertiary/aromatic N) is 6. The fourth-order valence-corrected chi connectivity index (χ4v) is 16.6. The first-order valence-electron chi connectivity index (χ1n) is 33.7. The third-order valence-corrected chi connectivity index (χ3v) is 21.3. The fraction of sp³-hybridized carbons (Fsp3) is 0.395. The van der Waals surface area contributed by atoms with Gasteiger partial charge in [-0.25, -0.2) is 0 Å². The van der Waals surface area contributed by atoms with Gasteiger partial charge in [0.2, 0.25) is 0 Å². The minimum absolute atomic E-state index is 0.120. The highest BCUT2D eigenvalue weighted by molar-refractivity contribution is 5.62. The van der Waals surface area contributed by atoms with Gasteiger partial charge in [-0.1, -0.05) is 243 Å². The van der Waals surface area contributed by atoms with E-state index in [2.05, 4.69) is 260 Å². The first-order chi connectivity index (χ1) is 44.2. The van der Waals surface area contributed by atoms with Crippen molar-refractivity contribution >= 4 is 6.29 Å². The largest absolute Gasteiger partial charge is 0.388 e. The molecule has 0 amide bonds. The van der Waals surface area contributed by atoms with Gasteiger partial charge in [0.25, 0.3) is 0 Å². The molecule has 0 saturated carbocycles. The summed E-state index contributed by atoms with van der Waals surface area (Å²) in [5, 5.41) is 23.5. The number of carbonyl (C=O) groups excluding carboxylic acids is 1. The van der Waals surface area contributed by atoms with E-state index in [-0.39, 0.29) is 16.2 Å². The minimum atomic E-state index is -0.436. The third kappa shape index (κ3) is 15.7. The van der Waals surface area contributed by atoms with Gasteiger partial charge in [0.05, 0.1) is 17.6 Å². The number of rotatable bonds is 20. The summed E-state index contributed by atoms with van der Waals surface area (Å²) in [5.41, 5.74) is 9.93. The van der Waals surface area contributed by atoms with Crippen LogP contribution in [0.3, 0.4) is 0 Å². The Morgan fingerprint density at radius 1 is 0.333 bits per heavy atom. The van der Waals surface area contributed by atoms with Gasteiger partial charge in [0.15, 0.2) is 0 Å². The van der Waals surface area contributed by atoms with Crippen molar-refractivity contribution in [3.05, 3.63) is 287 Å². The lowest BCUT2D eigenvalue weighted by Gasteiger charge is -2.47. The van der Waals surface area contributed by atoms with E-state index in [0.29, 0.717) is 17.8 Å². The lowest BCUT2D eigenvalue weighted by atomic mass is 9.67. The van der Waals surface area contributed by atoms with E-state index in [4.69, 9.17) is 0 Å². The summed E-state index contributed by atoms with van der Waals surface area (Å²) < 4.78 is 0. The van der Waals surface area contributed by atoms with Crippen LogP contribution >= 0.6 is 0 Å². The Kier molecular flexibility index (Phi) is 21.4. The van der Waals surface area contributed by atoms with Crippen molar-refractivity contribution in [2.45, 2.75) is 70.4 Å². The number of aldehydes is 1. The smallest absolute Gasteiger partial charge is 0.129 e. The molecule has 8 aromatic carbocycles. The number of hydrogen-bond acceptors (Lipinski definition) is 9. The normalized spacial score (nSPS) is 25.3. The molecule has 468 valence electrons. The van der Waals surface area contributed by atoms with Crippen LogP contribution in [-0.2, 0) is 43.7 Å². The lowest BCUT2D eigenvalue weighted by molar-refractivity contribution is -0.120. The first kappa shape index (κ1) is 63.3. The Balaban J connectivity index is 0.000000132. The number of hydrogen-bond donors (Lipinski definition) is 2. The summed E-state index contributed by atoms with van der Waals surface area (Å²) in [6.07, 6.45) is 7.05. The van der Waals surface area contributed by atoms with Crippen LogP contribution < -0.4 is 0 Å². The van der Waals surface area contributed by atoms with Crippen LogP contribution in [0.1, 0.15) is 76.0 Å². The molecule has 6 aliphatic heterocycles. The molecule has 6 fully saturated rings.